The molecule has 0 aliphatic rings. The van der Waals surface area contributed by atoms with E-state index in [4.69, 9.17) is 0 Å². The zero-order chi connectivity index (χ0) is 14.1. The molecule has 0 unspecified atom stereocenters. The van der Waals surface area contributed by atoms with Gasteiger partial charge in [-0.1, -0.05) is 6.07 Å². The highest BCUT2D eigenvalue weighted by molar-refractivity contribution is 5.94. The number of aromatic hydroxyl groups is 1. The van der Waals surface area contributed by atoms with Crippen LogP contribution in [0.5, 0.6) is 5.75 Å². The van der Waals surface area contributed by atoms with Crippen LogP contribution >= 0.6 is 0 Å². The fraction of sp³-hybridized carbons (Fsp3) is 0. The van der Waals surface area contributed by atoms with Crippen molar-refractivity contribution in [2.75, 3.05) is 5.32 Å². The van der Waals surface area contributed by atoms with Crippen molar-refractivity contribution >= 4 is 28.1 Å². The molecular formula is C12H8N4O4. The molecule has 100 valence electrons. The smallest absolute Gasteiger partial charge is 0.300 e. The van der Waals surface area contributed by atoms with E-state index in [0.717, 1.165) is 0 Å². The molecule has 1 aromatic heterocycles. The van der Waals surface area contributed by atoms with Crippen molar-refractivity contribution in [1.82, 2.24) is 10.3 Å². The van der Waals surface area contributed by atoms with Gasteiger partial charge in [0.05, 0.1) is 10.6 Å². The molecular weight excluding hydrogens is 264 g/mol. The van der Waals surface area contributed by atoms with E-state index in [2.05, 4.69) is 20.3 Å². The number of hydrogen-bond acceptors (Lipinski definition) is 7. The minimum Gasteiger partial charge on any atom is -0.508 e. The Morgan fingerprint density at radius 1 is 1.20 bits per heavy atom. The summed E-state index contributed by atoms with van der Waals surface area (Å²) in [5.74, 6) is 0.103. The van der Waals surface area contributed by atoms with Crippen molar-refractivity contribution in [3.05, 3.63) is 46.5 Å². The summed E-state index contributed by atoms with van der Waals surface area (Å²) in [5.41, 5.74) is 1.26. The molecule has 0 radical (unpaired) electrons. The standard InChI is InChI=1S/C12H8N4O4/c17-8-3-1-2-7(6-8)13-9-4-5-10(16(18)19)12-11(9)14-20-15-12/h1-6,13,17H. The molecule has 3 aromatic rings. The molecule has 2 N–H and O–H groups in total. The van der Waals surface area contributed by atoms with E-state index in [1.165, 1.54) is 24.3 Å². The quantitative estimate of drug-likeness (QED) is 0.556. The zero-order valence-electron chi connectivity index (χ0n) is 9.98. The van der Waals surface area contributed by atoms with Gasteiger partial charge in [0.2, 0.25) is 5.52 Å². The van der Waals surface area contributed by atoms with Gasteiger partial charge in [0.1, 0.15) is 5.75 Å². The van der Waals surface area contributed by atoms with Crippen molar-refractivity contribution in [2.24, 2.45) is 0 Å². The van der Waals surface area contributed by atoms with E-state index in [9.17, 15) is 15.2 Å². The Kier molecular flexibility index (Phi) is 2.68. The van der Waals surface area contributed by atoms with Crippen LogP contribution in [0.2, 0.25) is 0 Å². The summed E-state index contributed by atoms with van der Waals surface area (Å²) in [4.78, 5) is 10.3. The summed E-state index contributed by atoms with van der Waals surface area (Å²) >= 11 is 0. The number of benzene rings is 2. The summed E-state index contributed by atoms with van der Waals surface area (Å²) in [7, 11) is 0. The highest BCUT2D eigenvalue weighted by Gasteiger charge is 2.19. The third kappa shape index (κ3) is 1.99. The average molecular weight is 272 g/mol. The fourth-order valence-electron chi connectivity index (χ4n) is 1.84. The second-order valence-corrected chi connectivity index (χ2v) is 4.03. The van der Waals surface area contributed by atoms with Crippen LogP contribution in [-0.4, -0.2) is 20.3 Å². The summed E-state index contributed by atoms with van der Waals surface area (Å²) in [6.07, 6.45) is 0. The lowest BCUT2D eigenvalue weighted by atomic mass is 10.2. The average Bonchev–Trinajstić information content (AvgIpc) is 2.88. The normalized spacial score (nSPS) is 10.6. The molecule has 0 bridgehead atoms. The highest BCUT2D eigenvalue weighted by Crippen LogP contribution is 2.31. The minimum absolute atomic E-state index is 0.0696. The van der Waals surface area contributed by atoms with E-state index < -0.39 is 4.92 Å². The number of rotatable bonds is 3. The molecule has 0 fully saturated rings. The molecule has 20 heavy (non-hydrogen) atoms. The molecule has 0 spiro atoms. The highest BCUT2D eigenvalue weighted by atomic mass is 16.6. The van der Waals surface area contributed by atoms with Crippen molar-refractivity contribution < 1.29 is 14.7 Å². The van der Waals surface area contributed by atoms with Crippen molar-refractivity contribution in [3.8, 4) is 5.75 Å². The van der Waals surface area contributed by atoms with Crippen molar-refractivity contribution in [1.29, 1.82) is 0 Å². The summed E-state index contributed by atoms with van der Waals surface area (Å²) in [6, 6.07) is 9.28. The first kappa shape index (κ1) is 11.9. The van der Waals surface area contributed by atoms with Crippen molar-refractivity contribution in [2.45, 2.75) is 0 Å². The van der Waals surface area contributed by atoms with Gasteiger partial charge >= 0.3 is 5.69 Å². The number of nitro benzene ring substituents is 1. The third-order valence-electron chi connectivity index (χ3n) is 2.72. The van der Waals surface area contributed by atoms with Gasteiger partial charge in [-0.2, -0.15) is 0 Å². The number of nitro groups is 1. The third-order valence-corrected chi connectivity index (χ3v) is 2.72. The van der Waals surface area contributed by atoms with E-state index >= 15 is 0 Å². The van der Waals surface area contributed by atoms with E-state index in [1.807, 2.05) is 0 Å². The summed E-state index contributed by atoms with van der Waals surface area (Å²) in [6.45, 7) is 0. The Balaban J connectivity index is 2.07. The van der Waals surface area contributed by atoms with Crippen LogP contribution in [0, 0.1) is 10.1 Å². The maximum atomic E-state index is 10.9. The largest absolute Gasteiger partial charge is 0.508 e. The number of hydrogen-bond donors (Lipinski definition) is 2. The van der Waals surface area contributed by atoms with Gasteiger partial charge in [-0.25, -0.2) is 4.63 Å². The maximum Gasteiger partial charge on any atom is 0.300 e. The fourth-order valence-corrected chi connectivity index (χ4v) is 1.84. The second kappa shape index (κ2) is 4.50. The number of nitrogens with one attached hydrogen (secondary N) is 1. The number of phenolic OH excluding ortho intramolecular Hbond substituents is 1. The number of nitrogens with zero attached hydrogens (tertiary/aromatic N) is 3. The monoisotopic (exact) mass is 272 g/mol. The van der Waals surface area contributed by atoms with Gasteiger partial charge in [-0.05, 0) is 28.5 Å². The minimum atomic E-state index is -0.551. The topological polar surface area (TPSA) is 114 Å². The molecule has 1 heterocycles. The zero-order valence-corrected chi connectivity index (χ0v) is 9.98. The van der Waals surface area contributed by atoms with Crippen LogP contribution in [0.1, 0.15) is 0 Å². The molecule has 0 aliphatic heterocycles. The predicted octanol–water partition coefficient (Wildman–Crippen LogP) is 2.58. The van der Waals surface area contributed by atoms with E-state index in [0.29, 0.717) is 11.4 Å². The molecule has 0 saturated carbocycles. The van der Waals surface area contributed by atoms with Crippen LogP contribution < -0.4 is 5.32 Å². The maximum absolute atomic E-state index is 10.9. The van der Waals surface area contributed by atoms with E-state index in [-0.39, 0.29) is 22.5 Å². The SMILES string of the molecule is O=[N+]([O-])c1ccc(Nc2cccc(O)c2)c2nonc12. The Morgan fingerprint density at radius 2 is 2.00 bits per heavy atom. The van der Waals surface area contributed by atoms with Crippen LogP contribution in [0.3, 0.4) is 0 Å². The molecule has 0 aliphatic carbocycles. The van der Waals surface area contributed by atoms with Crippen LogP contribution in [-0.2, 0) is 0 Å². The molecule has 8 heteroatoms. The second-order valence-electron chi connectivity index (χ2n) is 4.03. The number of aromatic nitrogens is 2. The Bertz CT molecular complexity index is 799. The molecule has 0 amide bonds. The number of fused-ring (bicyclic) bond motifs is 1. The van der Waals surface area contributed by atoms with Gasteiger partial charge in [0.25, 0.3) is 0 Å². The lowest BCUT2D eigenvalue weighted by Crippen LogP contribution is -1.94. The van der Waals surface area contributed by atoms with Gasteiger partial charge in [0.15, 0.2) is 5.52 Å². The first-order chi connectivity index (χ1) is 9.65. The predicted molar refractivity (Wildman–Crippen MR) is 69.8 cm³/mol. The number of phenols is 1. The van der Waals surface area contributed by atoms with Crippen LogP contribution in [0.4, 0.5) is 17.1 Å². The lowest BCUT2D eigenvalue weighted by Gasteiger charge is -2.06. The van der Waals surface area contributed by atoms with E-state index in [1.54, 1.807) is 12.1 Å². The van der Waals surface area contributed by atoms with Crippen molar-refractivity contribution in [3.63, 3.8) is 0 Å². The van der Waals surface area contributed by atoms with Crippen LogP contribution in [0.15, 0.2) is 41.0 Å². The van der Waals surface area contributed by atoms with Gasteiger partial charge < -0.3 is 10.4 Å². The van der Waals surface area contributed by atoms with Crippen LogP contribution in [0.25, 0.3) is 11.0 Å². The first-order valence-electron chi connectivity index (χ1n) is 5.61. The molecule has 0 atom stereocenters. The number of non-ortho nitro benzene ring substituents is 1. The Labute approximate surface area is 111 Å². The summed E-state index contributed by atoms with van der Waals surface area (Å²) < 4.78 is 4.56. The van der Waals surface area contributed by atoms with Gasteiger partial charge in [-0.15, -0.1) is 0 Å². The summed E-state index contributed by atoms with van der Waals surface area (Å²) in [5, 5.41) is 30.5. The molecule has 2 aromatic carbocycles. The first-order valence-corrected chi connectivity index (χ1v) is 5.61. The Morgan fingerprint density at radius 3 is 2.75 bits per heavy atom. The molecule has 3 rings (SSSR count). The molecule has 0 saturated heterocycles. The number of anilines is 2. The van der Waals surface area contributed by atoms with Gasteiger partial charge in [-0.3, -0.25) is 10.1 Å². The Hall–Kier alpha value is -3.16. The lowest BCUT2D eigenvalue weighted by molar-refractivity contribution is -0.383. The van der Waals surface area contributed by atoms with Gasteiger partial charge in [0, 0.05) is 17.8 Å². The molecule has 8 nitrogen and oxygen atoms in total.